The van der Waals surface area contributed by atoms with Crippen molar-refractivity contribution in [2.45, 2.75) is 6.92 Å². The smallest absolute Gasteiger partial charge is 0.238 e. The molecule has 0 aliphatic heterocycles. The van der Waals surface area contributed by atoms with Gasteiger partial charge in [-0.25, -0.2) is 0 Å². The molecule has 0 spiro atoms. The van der Waals surface area contributed by atoms with Crippen molar-refractivity contribution in [3.63, 3.8) is 0 Å². The summed E-state index contributed by atoms with van der Waals surface area (Å²) in [4.78, 5) is 11.1. The third kappa shape index (κ3) is 3.02. The second kappa shape index (κ2) is 4.90. The first-order valence-electron chi connectivity index (χ1n) is 3.87. The van der Waals surface area contributed by atoms with Crippen molar-refractivity contribution in [1.82, 2.24) is 5.32 Å². The second-order valence-corrected chi connectivity index (χ2v) is 3.25. The maximum atomic E-state index is 11.1. The zero-order valence-electron chi connectivity index (χ0n) is 6.96. The summed E-state index contributed by atoms with van der Waals surface area (Å²) >= 11 is 1.52. The van der Waals surface area contributed by atoms with Gasteiger partial charge in [0.25, 0.3) is 0 Å². The average molecular weight is 184 g/mol. The van der Waals surface area contributed by atoms with E-state index < -0.39 is 0 Å². The van der Waals surface area contributed by atoms with Crippen LogP contribution in [0.5, 0.6) is 0 Å². The summed E-state index contributed by atoms with van der Waals surface area (Å²) in [5.74, 6) is 0.0132. The topological polar surface area (TPSA) is 41.1 Å². The number of likely N-dealkylation sites (N-methyl/N-ethyl adjacent to an activating group) is 1. The zero-order valence-corrected chi connectivity index (χ0v) is 7.78. The van der Waals surface area contributed by atoms with Crippen molar-refractivity contribution < 1.29 is 4.79 Å². The number of anilines is 1. The molecule has 12 heavy (non-hydrogen) atoms. The first kappa shape index (κ1) is 9.22. The Balaban J connectivity index is 2.27. The van der Waals surface area contributed by atoms with Crippen molar-refractivity contribution in [2.24, 2.45) is 0 Å². The van der Waals surface area contributed by atoms with Gasteiger partial charge in [-0.15, -0.1) is 11.3 Å². The number of carbonyl (C=O) groups is 1. The van der Waals surface area contributed by atoms with E-state index in [-0.39, 0.29) is 5.91 Å². The van der Waals surface area contributed by atoms with E-state index >= 15 is 0 Å². The maximum absolute atomic E-state index is 11.1. The van der Waals surface area contributed by atoms with Crippen LogP contribution in [0.3, 0.4) is 0 Å². The molecule has 0 unspecified atom stereocenters. The van der Waals surface area contributed by atoms with Crippen LogP contribution in [0.2, 0.25) is 0 Å². The summed E-state index contributed by atoms with van der Waals surface area (Å²) in [5.41, 5.74) is 0. The van der Waals surface area contributed by atoms with E-state index in [1.54, 1.807) is 0 Å². The molecule has 1 heterocycles. The molecule has 4 heteroatoms. The molecule has 0 atom stereocenters. The molecule has 0 saturated carbocycles. The fraction of sp³-hybridized carbons (Fsp3) is 0.375. The molecule has 0 fully saturated rings. The van der Waals surface area contributed by atoms with Crippen molar-refractivity contribution in [3.8, 4) is 0 Å². The number of carbonyl (C=O) groups excluding carboxylic acids is 1. The lowest BCUT2D eigenvalue weighted by molar-refractivity contribution is -0.115. The van der Waals surface area contributed by atoms with Gasteiger partial charge in [0, 0.05) is 0 Å². The minimum absolute atomic E-state index is 0.0132. The molecule has 0 aromatic carbocycles. The third-order valence-electron chi connectivity index (χ3n) is 1.32. The SMILES string of the molecule is CCNCC(=O)Nc1cccs1. The molecule has 0 radical (unpaired) electrons. The normalized spacial score (nSPS) is 9.75. The van der Waals surface area contributed by atoms with Crippen molar-refractivity contribution in [2.75, 3.05) is 18.4 Å². The van der Waals surface area contributed by atoms with Gasteiger partial charge in [0.05, 0.1) is 11.5 Å². The lowest BCUT2D eigenvalue weighted by Gasteiger charge is -2.01. The first-order chi connectivity index (χ1) is 5.83. The fourth-order valence-electron chi connectivity index (χ4n) is 0.770. The zero-order chi connectivity index (χ0) is 8.81. The van der Waals surface area contributed by atoms with E-state index in [1.165, 1.54) is 11.3 Å². The van der Waals surface area contributed by atoms with Crippen LogP contribution < -0.4 is 10.6 Å². The average Bonchev–Trinajstić information content (AvgIpc) is 2.53. The van der Waals surface area contributed by atoms with Gasteiger partial charge in [0.2, 0.25) is 5.91 Å². The minimum atomic E-state index is 0.0132. The molecule has 3 nitrogen and oxygen atoms in total. The van der Waals surface area contributed by atoms with Gasteiger partial charge in [-0.2, -0.15) is 0 Å². The lowest BCUT2D eigenvalue weighted by atomic mass is 10.5. The lowest BCUT2D eigenvalue weighted by Crippen LogP contribution is -2.27. The highest BCUT2D eigenvalue weighted by Gasteiger charge is 2.00. The van der Waals surface area contributed by atoms with Gasteiger partial charge in [-0.1, -0.05) is 6.92 Å². The summed E-state index contributed by atoms with van der Waals surface area (Å²) in [6.45, 7) is 3.17. The summed E-state index contributed by atoms with van der Waals surface area (Å²) in [6, 6.07) is 3.79. The molecular weight excluding hydrogens is 172 g/mol. The van der Waals surface area contributed by atoms with Crippen molar-refractivity contribution >= 4 is 22.2 Å². The van der Waals surface area contributed by atoms with Gasteiger partial charge in [0.15, 0.2) is 0 Å². The predicted octanol–water partition coefficient (Wildman–Crippen LogP) is 1.30. The van der Waals surface area contributed by atoms with Gasteiger partial charge >= 0.3 is 0 Å². The van der Waals surface area contributed by atoms with Crippen LogP contribution in [-0.2, 0) is 4.79 Å². The maximum Gasteiger partial charge on any atom is 0.238 e. The molecule has 1 aromatic heterocycles. The molecule has 0 bridgehead atoms. The molecule has 2 N–H and O–H groups in total. The third-order valence-corrected chi connectivity index (χ3v) is 2.10. The highest BCUT2D eigenvalue weighted by molar-refractivity contribution is 7.14. The van der Waals surface area contributed by atoms with E-state index in [9.17, 15) is 4.79 Å². The van der Waals surface area contributed by atoms with Crippen LogP contribution in [0.1, 0.15) is 6.92 Å². The number of hydrogen-bond acceptors (Lipinski definition) is 3. The second-order valence-electron chi connectivity index (χ2n) is 2.31. The Labute approximate surface area is 75.8 Å². The van der Waals surface area contributed by atoms with Crippen LogP contribution in [0.4, 0.5) is 5.00 Å². The standard InChI is InChI=1S/C8H12N2OS/c1-2-9-6-7(11)10-8-4-3-5-12-8/h3-5,9H,2,6H2,1H3,(H,10,11). The quantitative estimate of drug-likeness (QED) is 0.740. The Bertz CT molecular complexity index is 233. The number of thiophene rings is 1. The summed E-state index contributed by atoms with van der Waals surface area (Å²) < 4.78 is 0. The monoisotopic (exact) mass is 184 g/mol. The molecule has 1 rings (SSSR count). The van der Waals surface area contributed by atoms with Gasteiger partial charge in [-0.05, 0) is 24.1 Å². The Hall–Kier alpha value is -0.870. The van der Waals surface area contributed by atoms with Crippen molar-refractivity contribution in [1.29, 1.82) is 0 Å². The van der Waals surface area contributed by atoms with Gasteiger partial charge in [-0.3, -0.25) is 4.79 Å². The molecule has 66 valence electrons. The molecule has 0 aliphatic carbocycles. The Morgan fingerprint density at radius 3 is 3.08 bits per heavy atom. The van der Waals surface area contributed by atoms with E-state index in [4.69, 9.17) is 0 Å². The number of nitrogens with one attached hydrogen (secondary N) is 2. The van der Waals surface area contributed by atoms with Crippen LogP contribution in [0.25, 0.3) is 0 Å². The van der Waals surface area contributed by atoms with Crippen LogP contribution in [0.15, 0.2) is 17.5 Å². The van der Waals surface area contributed by atoms with Gasteiger partial charge < -0.3 is 10.6 Å². The molecule has 1 amide bonds. The molecule has 0 aliphatic rings. The van der Waals surface area contributed by atoms with E-state index in [0.717, 1.165) is 11.5 Å². The minimum Gasteiger partial charge on any atom is -0.317 e. The first-order valence-corrected chi connectivity index (χ1v) is 4.75. The van der Waals surface area contributed by atoms with E-state index in [2.05, 4.69) is 10.6 Å². The van der Waals surface area contributed by atoms with E-state index in [0.29, 0.717) is 6.54 Å². The van der Waals surface area contributed by atoms with Crippen molar-refractivity contribution in [3.05, 3.63) is 17.5 Å². The number of rotatable bonds is 4. The number of amides is 1. The van der Waals surface area contributed by atoms with Crippen LogP contribution in [0, 0.1) is 0 Å². The fourth-order valence-corrected chi connectivity index (χ4v) is 1.40. The Morgan fingerprint density at radius 1 is 1.67 bits per heavy atom. The highest BCUT2D eigenvalue weighted by Crippen LogP contribution is 2.14. The Kier molecular flexibility index (Phi) is 3.76. The molecule has 0 saturated heterocycles. The largest absolute Gasteiger partial charge is 0.317 e. The highest BCUT2D eigenvalue weighted by atomic mass is 32.1. The predicted molar refractivity (Wildman–Crippen MR) is 51.5 cm³/mol. The number of hydrogen-bond donors (Lipinski definition) is 2. The Morgan fingerprint density at radius 2 is 2.50 bits per heavy atom. The molecular formula is C8H12N2OS. The van der Waals surface area contributed by atoms with Gasteiger partial charge in [0.1, 0.15) is 0 Å². The summed E-state index contributed by atoms with van der Waals surface area (Å²) in [5, 5.41) is 8.56. The van der Waals surface area contributed by atoms with Crippen LogP contribution >= 0.6 is 11.3 Å². The van der Waals surface area contributed by atoms with Crippen LogP contribution in [-0.4, -0.2) is 19.0 Å². The summed E-state index contributed by atoms with van der Waals surface area (Å²) in [6.07, 6.45) is 0. The summed E-state index contributed by atoms with van der Waals surface area (Å²) in [7, 11) is 0. The molecule has 1 aromatic rings. The van der Waals surface area contributed by atoms with E-state index in [1.807, 2.05) is 24.4 Å².